The summed E-state index contributed by atoms with van der Waals surface area (Å²) in [6, 6.07) is 15.5. The lowest BCUT2D eigenvalue weighted by Gasteiger charge is -2.11. The van der Waals surface area contributed by atoms with Crippen molar-refractivity contribution < 1.29 is 0 Å². The topological polar surface area (TPSA) is 29.3 Å². The summed E-state index contributed by atoms with van der Waals surface area (Å²) >= 11 is 0. The van der Waals surface area contributed by atoms with Gasteiger partial charge in [-0.25, -0.2) is 4.98 Å². The van der Waals surface area contributed by atoms with Crippen LogP contribution in [0.3, 0.4) is 0 Å². The van der Waals surface area contributed by atoms with Crippen LogP contribution in [0.5, 0.6) is 0 Å². The van der Waals surface area contributed by atoms with Crippen molar-refractivity contribution in [2.45, 2.75) is 19.4 Å². The van der Waals surface area contributed by atoms with E-state index in [1.165, 1.54) is 16.8 Å². The van der Waals surface area contributed by atoms with Gasteiger partial charge in [0.15, 0.2) is 0 Å². The van der Waals surface area contributed by atoms with Crippen molar-refractivity contribution in [1.82, 2.24) is 14.7 Å². The molecule has 0 saturated carbocycles. The van der Waals surface area contributed by atoms with Crippen LogP contribution in [0.25, 0.3) is 16.9 Å². The first-order valence-corrected chi connectivity index (χ1v) is 6.96. The lowest BCUT2D eigenvalue weighted by atomic mass is 10.0. The van der Waals surface area contributed by atoms with Crippen LogP contribution in [0.1, 0.15) is 12.5 Å². The van der Waals surface area contributed by atoms with E-state index in [9.17, 15) is 0 Å². The van der Waals surface area contributed by atoms with Gasteiger partial charge in [0.1, 0.15) is 5.65 Å². The molecule has 2 heterocycles. The molecule has 0 radical (unpaired) electrons. The van der Waals surface area contributed by atoms with E-state index in [1.54, 1.807) is 0 Å². The van der Waals surface area contributed by atoms with Crippen molar-refractivity contribution in [2.24, 2.45) is 0 Å². The molecule has 20 heavy (non-hydrogen) atoms. The third-order valence-corrected chi connectivity index (χ3v) is 3.71. The summed E-state index contributed by atoms with van der Waals surface area (Å²) in [4.78, 5) is 4.33. The molecule has 0 spiro atoms. The van der Waals surface area contributed by atoms with E-state index in [0.717, 1.165) is 12.1 Å². The SMILES string of the molecule is CNC(C)Cc1ccc(-c2cccc3nccn23)cc1. The third kappa shape index (κ3) is 2.45. The van der Waals surface area contributed by atoms with Gasteiger partial charge >= 0.3 is 0 Å². The van der Waals surface area contributed by atoms with Gasteiger partial charge in [0, 0.05) is 18.4 Å². The van der Waals surface area contributed by atoms with Gasteiger partial charge in [0.25, 0.3) is 0 Å². The summed E-state index contributed by atoms with van der Waals surface area (Å²) in [5, 5.41) is 3.27. The van der Waals surface area contributed by atoms with Crippen LogP contribution in [0, 0.1) is 0 Å². The molecule has 3 nitrogen and oxygen atoms in total. The van der Waals surface area contributed by atoms with Gasteiger partial charge in [-0.15, -0.1) is 0 Å². The number of benzene rings is 1. The highest BCUT2D eigenvalue weighted by atomic mass is 15.0. The van der Waals surface area contributed by atoms with Gasteiger partial charge in [-0.2, -0.15) is 0 Å². The standard InChI is InChI=1S/C17H19N3/c1-13(18-2)12-14-6-8-15(9-7-14)16-4-3-5-17-19-10-11-20(16)17/h3-11,13,18H,12H2,1-2H3. The van der Waals surface area contributed by atoms with E-state index in [2.05, 4.69) is 58.0 Å². The first kappa shape index (κ1) is 12.9. The lowest BCUT2D eigenvalue weighted by molar-refractivity contribution is 0.608. The summed E-state index contributed by atoms with van der Waals surface area (Å²) in [7, 11) is 2.00. The fraction of sp³-hybridized carbons (Fsp3) is 0.235. The first-order valence-electron chi connectivity index (χ1n) is 6.96. The fourth-order valence-electron chi connectivity index (χ4n) is 2.45. The number of imidazole rings is 1. The van der Waals surface area contributed by atoms with Gasteiger partial charge in [-0.05, 0) is 43.7 Å². The Morgan fingerprint density at radius 2 is 1.95 bits per heavy atom. The average Bonchev–Trinajstić information content (AvgIpc) is 2.96. The van der Waals surface area contributed by atoms with E-state index in [4.69, 9.17) is 0 Å². The third-order valence-electron chi connectivity index (χ3n) is 3.71. The van der Waals surface area contributed by atoms with Crippen LogP contribution >= 0.6 is 0 Å². The molecule has 0 aliphatic heterocycles. The Balaban J connectivity index is 1.93. The number of likely N-dealkylation sites (N-methyl/N-ethyl adjacent to an activating group) is 1. The van der Waals surface area contributed by atoms with E-state index in [-0.39, 0.29) is 0 Å². The molecular formula is C17H19N3. The fourth-order valence-corrected chi connectivity index (χ4v) is 2.45. The average molecular weight is 265 g/mol. The number of pyridine rings is 1. The Morgan fingerprint density at radius 1 is 1.15 bits per heavy atom. The van der Waals surface area contributed by atoms with Crippen LogP contribution < -0.4 is 5.32 Å². The molecule has 102 valence electrons. The minimum Gasteiger partial charge on any atom is -0.317 e. The van der Waals surface area contributed by atoms with Crippen LogP contribution in [0.4, 0.5) is 0 Å². The molecule has 0 bridgehead atoms. The molecule has 2 aromatic heterocycles. The maximum absolute atomic E-state index is 4.33. The smallest absolute Gasteiger partial charge is 0.137 e. The highest BCUT2D eigenvalue weighted by Gasteiger charge is 2.05. The van der Waals surface area contributed by atoms with Crippen molar-refractivity contribution in [3.8, 4) is 11.3 Å². The lowest BCUT2D eigenvalue weighted by Crippen LogP contribution is -2.23. The Hall–Kier alpha value is -2.13. The molecular weight excluding hydrogens is 246 g/mol. The van der Waals surface area contributed by atoms with Crippen molar-refractivity contribution in [3.63, 3.8) is 0 Å². The van der Waals surface area contributed by atoms with Gasteiger partial charge < -0.3 is 5.32 Å². The van der Waals surface area contributed by atoms with Crippen molar-refractivity contribution >= 4 is 5.65 Å². The monoisotopic (exact) mass is 265 g/mol. The summed E-state index contributed by atoms with van der Waals surface area (Å²) in [5.41, 5.74) is 4.73. The maximum Gasteiger partial charge on any atom is 0.137 e. The molecule has 0 saturated heterocycles. The van der Waals surface area contributed by atoms with Crippen LogP contribution in [0.15, 0.2) is 54.9 Å². The Labute approximate surface area is 119 Å². The van der Waals surface area contributed by atoms with Crippen molar-refractivity contribution in [2.75, 3.05) is 7.05 Å². The zero-order valence-corrected chi connectivity index (χ0v) is 11.9. The van der Waals surface area contributed by atoms with Crippen LogP contribution in [-0.4, -0.2) is 22.5 Å². The predicted molar refractivity (Wildman–Crippen MR) is 82.9 cm³/mol. The molecule has 3 aromatic rings. The second-order valence-electron chi connectivity index (χ2n) is 5.16. The first-order chi connectivity index (χ1) is 9.78. The van der Waals surface area contributed by atoms with Crippen LogP contribution in [-0.2, 0) is 6.42 Å². The normalized spacial score (nSPS) is 12.7. The van der Waals surface area contributed by atoms with Gasteiger partial charge in [0.2, 0.25) is 0 Å². The second-order valence-corrected chi connectivity index (χ2v) is 5.16. The summed E-state index contributed by atoms with van der Waals surface area (Å²) in [6.45, 7) is 2.19. The predicted octanol–water partition coefficient (Wildman–Crippen LogP) is 3.15. The summed E-state index contributed by atoms with van der Waals surface area (Å²) in [5.74, 6) is 0. The summed E-state index contributed by atoms with van der Waals surface area (Å²) in [6.07, 6.45) is 4.88. The largest absolute Gasteiger partial charge is 0.317 e. The molecule has 1 atom stereocenters. The molecule has 3 rings (SSSR count). The van der Waals surface area contributed by atoms with E-state index >= 15 is 0 Å². The minimum atomic E-state index is 0.498. The summed E-state index contributed by atoms with van der Waals surface area (Å²) < 4.78 is 2.12. The van der Waals surface area contributed by atoms with Crippen LogP contribution in [0.2, 0.25) is 0 Å². The number of nitrogens with zero attached hydrogens (tertiary/aromatic N) is 2. The highest BCUT2D eigenvalue weighted by Crippen LogP contribution is 2.21. The molecule has 0 fully saturated rings. The zero-order chi connectivity index (χ0) is 13.9. The number of rotatable bonds is 4. The molecule has 1 N–H and O–H groups in total. The molecule has 0 aliphatic rings. The van der Waals surface area contributed by atoms with E-state index in [0.29, 0.717) is 6.04 Å². The van der Waals surface area contributed by atoms with Gasteiger partial charge in [0.05, 0.1) is 5.69 Å². The minimum absolute atomic E-state index is 0.498. The van der Waals surface area contributed by atoms with E-state index < -0.39 is 0 Å². The number of hydrogen-bond donors (Lipinski definition) is 1. The Morgan fingerprint density at radius 3 is 2.70 bits per heavy atom. The van der Waals surface area contributed by atoms with Crippen molar-refractivity contribution in [1.29, 1.82) is 0 Å². The molecule has 1 aromatic carbocycles. The number of hydrogen-bond acceptors (Lipinski definition) is 2. The molecule has 0 amide bonds. The Kier molecular flexibility index (Phi) is 3.52. The molecule has 1 unspecified atom stereocenters. The van der Waals surface area contributed by atoms with Gasteiger partial charge in [-0.3, -0.25) is 4.40 Å². The molecule has 0 aliphatic carbocycles. The molecule has 3 heteroatoms. The quantitative estimate of drug-likeness (QED) is 0.785. The number of fused-ring (bicyclic) bond motifs is 1. The zero-order valence-electron chi connectivity index (χ0n) is 11.9. The van der Waals surface area contributed by atoms with Gasteiger partial charge in [-0.1, -0.05) is 30.3 Å². The second kappa shape index (κ2) is 5.47. The van der Waals surface area contributed by atoms with E-state index in [1.807, 2.05) is 25.5 Å². The highest BCUT2D eigenvalue weighted by molar-refractivity contribution is 5.63. The number of nitrogens with one attached hydrogen (secondary N) is 1. The number of aromatic nitrogens is 2. The van der Waals surface area contributed by atoms with Crippen molar-refractivity contribution in [3.05, 3.63) is 60.4 Å². The Bertz CT molecular complexity index is 698. The maximum atomic E-state index is 4.33.